The Morgan fingerprint density at radius 3 is 2.43 bits per heavy atom. The number of nitrogens with zero attached hydrogens (tertiary/aromatic N) is 2. The van der Waals surface area contributed by atoms with Crippen LogP contribution in [0.1, 0.15) is 50.9 Å². The van der Waals surface area contributed by atoms with Crippen LogP contribution in [0.5, 0.6) is 11.5 Å². The molecule has 2 aromatic carbocycles. The summed E-state index contributed by atoms with van der Waals surface area (Å²) in [5, 5.41) is 6.97. The van der Waals surface area contributed by atoms with Gasteiger partial charge in [-0.1, -0.05) is 44.1 Å². The third-order valence-corrected chi connectivity index (χ3v) is 6.27. The molecule has 3 aromatic rings. The molecule has 2 atom stereocenters. The van der Waals surface area contributed by atoms with Crippen LogP contribution in [0.3, 0.4) is 0 Å². The summed E-state index contributed by atoms with van der Waals surface area (Å²) in [7, 11) is 3.17. The van der Waals surface area contributed by atoms with Crippen molar-refractivity contribution in [3.63, 3.8) is 0 Å². The number of para-hydroxylation sites is 1. The van der Waals surface area contributed by atoms with E-state index < -0.39 is 12.0 Å². The summed E-state index contributed by atoms with van der Waals surface area (Å²) in [5.41, 5.74) is 1.97. The molecule has 0 bridgehead atoms. The molecule has 2 heterocycles. The lowest BCUT2D eigenvalue weighted by atomic mass is 9.82. The molecule has 0 radical (unpaired) electrons. The molecule has 1 N–H and O–H groups in total. The number of aromatic nitrogens is 1. The number of piperidine rings is 1. The van der Waals surface area contributed by atoms with Crippen LogP contribution in [0.15, 0.2) is 59.1 Å². The fraction of sp³-hybridized carbons (Fsp3) is 0.370. The van der Waals surface area contributed by atoms with Gasteiger partial charge in [0.25, 0.3) is 0 Å². The predicted molar refractivity (Wildman–Crippen MR) is 133 cm³/mol. The number of rotatable bonds is 6. The Hall–Kier alpha value is -3.81. The minimum Gasteiger partial charge on any atom is -0.497 e. The van der Waals surface area contributed by atoms with Gasteiger partial charge in [0.2, 0.25) is 17.7 Å². The van der Waals surface area contributed by atoms with E-state index in [2.05, 4.69) is 10.5 Å². The lowest BCUT2D eigenvalue weighted by molar-refractivity contribution is -0.126. The van der Waals surface area contributed by atoms with Crippen molar-refractivity contribution in [2.75, 3.05) is 24.4 Å². The van der Waals surface area contributed by atoms with Gasteiger partial charge >= 0.3 is 0 Å². The zero-order valence-corrected chi connectivity index (χ0v) is 20.7. The van der Waals surface area contributed by atoms with Crippen molar-refractivity contribution in [2.45, 2.75) is 45.1 Å². The highest BCUT2D eigenvalue weighted by molar-refractivity contribution is 6.00. The summed E-state index contributed by atoms with van der Waals surface area (Å²) in [6, 6.07) is 15.9. The second-order valence-electron chi connectivity index (χ2n) is 9.61. The average Bonchev–Trinajstić information content (AvgIpc) is 3.33. The standard InChI is InChI=1S/C27H31N3O5/c1-27(2,3)22-16-23(35-29-22)28-26(32)20-14-15-24(31)30(17-10-12-18(33-4)13-11-17)25(20)19-8-6-7-9-21(19)34-5/h6-13,16,20,25H,14-15H2,1-5H3,(H,28,32)/t20-,25-/m1/s1. The number of ether oxygens (including phenoxy) is 2. The van der Waals surface area contributed by atoms with Crippen molar-refractivity contribution < 1.29 is 23.6 Å². The Balaban J connectivity index is 1.73. The van der Waals surface area contributed by atoms with Crippen LogP contribution < -0.4 is 19.7 Å². The highest BCUT2D eigenvalue weighted by Crippen LogP contribution is 2.43. The molecule has 8 nitrogen and oxygen atoms in total. The minimum atomic E-state index is -0.578. The fourth-order valence-electron chi connectivity index (χ4n) is 4.38. The van der Waals surface area contributed by atoms with Crippen LogP contribution in [0, 0.1) is 5.92 Å². The maximum Gasteiger partial charge on any atom is 0.232 e. The topological polar surface area (TPSA) is 93.9 Å². The highest BCUT2D eigenvalue weighted by Gasteiger charge is 2.43. The number of hydrogen-bond donors (Lipinski definition) is 1. The van der Waals surface area contributed by atoms with Gasteiger partial charge in [-0.2, -0.15) is 0 Å². The van der Waals surface area contributed by atoms with Crippen molar-refractivity contribution in [2.24, 2.45) is 5.92 Å². The van der Waals surface area contributed by atoms with Gasteiger partial charge in [0.1, 0.15) is 11.5 Å². The first-order chi connectivity index (χ1) is 16.7. The first kappa shape index (κ1) is 24.3. The molecule has 8 heteroatoms. The van der Waals surface area contributed by atoms with Gasteiger partial charge in [-0.25, -0.2) is 0 Å². The summed E-state index contributed by atoms with van der Waals surface area (Å²) in [4.78, 5) is 28.5. The van der Waals surface area contributed by atoms with E-state index in [9.17, 15) is 9.59 Å². The molecule has 1 aliphatic rings. The summed E-state index contributed by atoms with van der Waals surface area (Å²) in [5.74, 6) is 0.716. The molecular formula is C27H31N3O5. The molecule has 1 saturated heterocycles. The Kier molecular flexibility index (Phi) is 6.82. The molecular weight excluding hydrogens is 446 g/mol. The molecule has 0 spiro atoms. The van der Waals surface area contributed by atoms with E-state index in [1.807, 2.05) is 57.2 Å². The van der Waals surface area contributed by atoms with Gasteiger partial charge < -0.3 is 18.9 Å². The number of carbonyl (C=O) groups is 2. The van der Waals surface area contributed by atoms with Crippen LogP contribution >= 0.6 is 0 Å². The number of hydrogen-bond acceptors (Lipinski definition) is 6. The van der Waals surface area contributed by atoms with Gasteiger partial charge in [0.15, 0.2) is 0 Å². The van der Waals surface area contributed by atoms with E-state index in [0.717, 1.165) is 11.3 Å². The van der Waals surface area contributed by atoms with Crippen LogP contribution in [0.2, 0.25) is 0 Å². The maximum atomic E-state index is 13.6. The highest BCUT2D eigenvalue weighted by atomic mass is 16.5. The summed E-state index contributed by atoms with van der Waals surface area (Å²) in [6.45, 7) is 6.06. The number of benzene rings is 2. The Bertz CT molecular complexity index is 1200. The van der Waals surface area contributed by atoms with Gasteiger partial charge in [0, 0.05) is 29.2 Å². The van der Waals surface area contributed by atoms with Crippen molar-refractivity contribution >= 4 is 23.4 Å². The second kappa shape index (κ2) is 9.82. The van der Waals surface area contributed by atoms with Crippen molar-refractivity contribution in [1.82, 2.24) is 5.16 Å². The molecule has 1 aliphatic heterocycles. The fourth-order valence-corrected chi connectivity index (χ4v) is 4.38. The third kappa shape index (κ3) is 5.01. The molecule has 4 rings (SSSR count). The molecule has 35 heavy (non-hydrogen) atoms. The second-order valence-corrected chi connectivity index (χ2v) is 9.61. The molecule has 1 fully saturated rings. The number of anilines is 2. The summed E-state index contributed by atoms with van der Waals surface area (Å²) in [6.07, 6.45) is 0.625. The number of carbonyl (C=O) groups excluding carboxylic acids is 2. The van der Waals surface area contributed by atoms with Crippen LogP contribution in [0.4, 0.5) is 11.6 Å². The Morgan fingerprint density at radius 2 is 1.80 bits per heavy atom. The quantitative estimate of drug-likeness (QED) is 0.530. The number of nitrogens with one attached hydrogen (secondary N) is 1. The van der Waals surface area contributed by atoms with Crippen molar-refractivity contribution in [3.05, 3.63) is 65.9 Å². The molecule has 2 amide bonds. The van der Waals surface area contributed by atoms with Crippen LogP contribution in [0.25, 0.3) is 0 Å². The van der Waals surface area contributed by atoms with Gasteiger partial charge in [-0.3, -0.25) is 14.9 Å². The van der Waals surface area contributed by atoms with E-state index in [-0.39, 0.29) is 29.5 Å². The van der Waals surface area contributed by atoms with Crippen LogP contribution in [-0.4, -0.2) is 31.2 Å². The van der Waals surface area contributed by atoms with Gasteiger partial charge in [-0.05, 0) is 36.8 Å². The molecule has 0 saturated carbocycles. The van der Waals surface area contributed by atoms with E-state index in [1.54, 1.807) is 37.3 Å². The zero-order chi connectivity index (χ0) is 25.2. The van der Waals surface area contributed by atoms with Gasteiger partial charge in [-0.15, -0.1) is 0 Å². The summed E-state index contributed by atoms with van der Waals surface area (Å²) < 4.78 is 16.3. The Morgan fingerprint density at radius 1 is 1.09 bits per heavy atom. The minimum absolute atomic E-state index is 0.0650. The van der Waals surface area contributed by atoms with Crippen molar-refractivity contribution in [3.8, 4) is 11.5 Å². The number of amides is 2. The molecule has 1 aromatic heterocycles. The summed E-state index contributed by atoms with van der Waals surface area (Å²) >= 11 is 0. The lowest BCUT2D eigenvalue weighted by Crippen LogP contribution is -2.47. The molecule has 184 valence electrons. The first-order valence-electron chi connectivity index (χ1n) is 11.6. The van der Waals surface area contributed by atoms with Crippen LogP contribution in [-0.2, 0) is 15.0 Å². The van der Waals surface area contributed by atoms with E-state index in [1.165, 1.54) is 0 Å². The largest absolute Gasteiger partial charge is 0.497 e. The average molecular weight is 478 g/mol. The molecule has 0 unspecified atom stereocenters. The smallest absolute Gasteiger partial charge is 0.232 e. The van der Waals surface area contributed by atoms with E-state index in [4.69, 9.17) is 14.0 Å². The van der Waals surface area contributed by atoms with E-state index in [0.29, 0.717) is 23.6 Å². The van der Waals surface area contributed by atoms with Crippen molar-refractivity contribution in [1.29, 1.82) is 0 Å². The Labute approximate surface area is 205 Å². The zero-order valence-electron chi connectivity index (χ0n) is 20.7. The normalized spacial score (nSPS) is 18.3. The third-order valence-electron chi connectivity index (χ3n) is 6.27. The number of methoxy groups -OCH3 is 2. The monoisotopic (exact) mass is 477 g/mol. The van der Waals surface area contributed by atoms with Gasteiger partial charge in [0.05, 0.1) is 31.9 Å². The SMILES string of the molecule is COc1ccc(N2C(=O)CC[C@@H](C(=O)Nc3cc(C(C)(C)C)no3)[C@H]2c2ccccc2OC)cc1. The maximum absolute atomic E-state index is 13.6. The predicted octanol–water partition coefficient (Wildman–Crippen LogP) is 5.11. The molecule has 0 aliphatic carbocycles. The first-order valence-corrected chi connectivity index (χ1v) is 11.6. The lowest BCUT2D eigenvalue weighted by Gasteiger charge is -2.41. The van der Waals surface area contributed by atoms with E-state index >= 15 is 0 Å².